The molecule has 0 amide bonds. The summed E-state index contributed by atoms with van der Waals surface area (Å²) in [6.07, 6.45) is -9.43. The second kappa shape index (κ2) is 7.33. The SMILES string of the molecule is CCCC(Nc1cc(C(F)(F)F)cc(C(F)(F)F)c1)n1nnc2ccccc21. The van der Waals surface area contributed by atoms with Gasteiger partial charge in [-0.2, -0.15) is 26.3 Å². The summed E-state index contributed by atoms with van der Waals surface area (Å²) in [5.74, 6) is 0. The number of nitrogens with zero attached hydrogens (tertiary/aromatic N) is 3. The van der Waals surface area contributed by atoms with E-state index in [0.717, 1.165) is 0 Å². The maximum absolute atomic E-state index is 13.1. The molecule has 1 N–H and O–H groups in total. The number of nitrogens with one attached hydrogen (secondary N) is 1. The summed E-state index contributed by atoms with van der Waals surface area (Å²) in [5.41, 5.74) is -1.84. The van der Waals surface area contributed by atoms with Crippen LogP contribution < -0.4 is 5.32 Å². The molecule has 10 heteroatoms. The molecule has 0 aliphatic heterocycles. The first-order chi connectivity index (χ1) is 13.1. The van der Waals surface area contributed by atoms with Crippen molar-refractivity contribution in [2.45, 2.75) is 38.3 Å². The molecule has 0 spiro atoms. The van der Waals surface area contributed by atoms with E-state index in [1.54, 1.807) is 24.3 Å². The molecule has 4 nitrogen and oxygen atoms in total. The molecule has 1 heterocycles. The van der Waals surface area contributed by atoms with Gasteiger partial charge in [-0.3, -0.25) is 0 Å². The quantitative estimate of drug-likeness (QED) is 0.542. The summed E-state index contributed by atoms with van der Waals surface area (Å²) in [6.45, 7) is 1.85. The molecule has 0 saturated carbocycles. The number of halogens is 6. The summed E-state index contributed by atoms with van der Waals surface area (Å²) in [5, 5.41) is 10.8. The van der Waals surface area contributed by atoms with Crippen molar-refractivity contribution in [3.8, 4) is 0 Å². The van der Waals surface area contributed by atoms with Crippen molar-refractivity contribution in [1.29, 1.82) is 0 Å². The standard InChI is InChI=1S/C18H16F6N4/c1-2-5-16(28-15-7-4-3-6-14(15)26-27-28)25-13-9-11(17(19,20)21)8-12(10-13)18(22,23)24/h3-4,6-10,16,25H,2,5H2,1H3. The molecule has 2 aromatic carbocycles. The molecule has 0 aliphatic rings. The number of anilines is 1. The number of alkyl halides is 6. The average Bonchev–Trinajstić information content (AvgIpc) is 3.03. The molecule has 1 atom stereocenters. The maximum atomic E-state index is 13.1. The van der Waals surface area contributed by atoms with Gasteiger partial charge >= 0.3 is 12.4 Å². The fraction of sp³-hybridized carbons (Fsp3) is 0.333. The fourth-order valence-electron chi connectivity index (χ4n) is 2.88. The van der Waals surface area contributed by atoms with E-state index in [1.807, 2.05) is 6.92 Å². The van der Waals surface area contributed by atoms with E-state index in [-0.39, 0.29) is 11.8 Å². The van der Waals surface area contributed by atoms with Crippen LogP contribution in [0.4, 0.5) is 32.0 Å². The van der Waals surface area contributed by atoms with Gasteiger partial charge in [-0.15, -0.1) is 5.10 Å². The lowest BCUT2D eigenvalue weighted by molar-refractivity contribution is -0.143. The zero-order valence-electron chi connectivity index (χ0n) is 14.6. The third-order valence-corrected chi connectivity index (χ3v) is 4.16. The van der Waals surface area contributed by atoms with E-state index >= 15 is 0 Å². The molecule has 28 heavy (non-hydrogen) atoms. The Kier molecular flexibility index (Phi) is 5.22. The predicted molar refractivity (Wildman–Crippen MR) is 91.5 cm³/mol. The van der Waals surface area contributed by atoms with E-state index in [0.29, 0.717) is 36.0 Å². The van der Waals surface area contributed by atoms with Crippen LogP contribution in [0.1, 0.15) is 37.1 Å². The smallest absolute Gasteiger partial charge is 0.364 e. The molecule has 1 aromatic heterocycles. The van der Waals surface area contributed by atoms with Gasteiger partial charge in [-0.25, -0.2) is 4.68 Å². The third-order valence-electron chi connectivity index (χ3n) is 4.16. The Balaban J connectivity index is 2.03. The van der Waals surface area contributed by atoms with Crippen molar-refractivity contribution in [1.82, 2.24) is 15.0 Å². The lowest BCUT2D eigenvalue weighted by Gasteiger charge is -2.22. The van der Waals surface area contributed by atoms with Gasteiger partial charge in [-0.05, 0) is 36.8 Å². The van der Waals surface area contributed by atoms with Crippen LogP contribution in [0.5, 0.6) is 0 Å². The van der Waals surface area contributed by atoms with Gasteiger partial charge in [0, 0.05) is 5.69 Å². The summed E-state index contributed by atoms with van der Waals surface area (Å²) in [7, 11) is 0. The van der Waals surface area contributed by atoms with Gasteiger partial charge in [0.25, 0.3) is 0 Å². The average molecular weight is 402 g/mol. The van der Waals surface area contributed by atoms with E-state index in [9.17, 15) is 26.3 Å². The minimum Gasteiger partial charge on any atom is -0.364 e. The zero-order chi connectivity index (χ0) is 20.5. The summed E-state index contributed by atoms with van der Waals surface area (Å²) < 4.78 is 79.9. The van der Waals surface area contributed by atoms with Crippen molar-refractivity contribution in [3.63, 3.8) is 0 Å². The van der Waals surface area contributed by atoms with Gasteiger partial charge in [0.1, 0.15) is 11.7 Å². The molecule has 0 fully saturated rings. The van der Waals surface area contributed by atoms with Crippen LogP contribution in [0, 0.1) is 0 Å². The highest BCUT2D eigenvalue weighted by Crippen LogP contribution is 2.38. The molecule has 0 saturated heterocycles. The highest BCUT2D eigenvalue weighted by Gasteiger charge is 2.37. The first kappa shape index (κ1) is 20.0. The van der Waals surface area contributed by atoms with E-state index < -0.39 is 29.6 Å². The third kappa shape index (κ3) is 4.20. The Morgan fingerprint density at radius 3 is 2.14 bits per heavy atom. The minimum absolute atomic E-state index is 0.102. The number of para-hydroxylation sites is 1. The number of fused-ring (bicyclic) bond motifs is 1. The van der Waals surface area contributed by atoms with Crippen LogP contribution in [0.3, 0.4) is 0 Å². The second-order valence-electron chi connectivity index (χ2n) is 6.27. The molecule has 150 valence electrons. The van der Waals surface area contributed by atoms with Crippen molar-refractivity contribution >= 4 is 16.7 Å². The van der Waals surface area contributed by atoms with Crippen LogP contribution >= 0.6 is 0 Å². The second-order valence-corrected chi connectivity index (χ2v) is 6.27. The van der Waals surface area contributed by atoms with Crippen LogP contribution in [0.2, 0.25) is 0 Å². The van der Waals surface area contributed by atoms with Gasteiger partial charge in [-0.1, -0.05) is 30.7 Å². The van der Waals surface area contributed by atoms with Gasteiger partial charge < -0.3 is 5.32 Å². The van der Waals surface area contributed by atoms with Crippen molar-refractivity contribution in [3.05, 3.63) is 53.6 Å². The predicted octanol–water partition coefficient (Wildman–Crippen LogP) is 5.88. The Bertz CT molecular complexity index is 928. The number of hydrogen-bond acceptors (Lipinski definition) is 3. The molecule has 0 radical (unpaired) electrons. The van der Waals surface area contributed by atoms with Gasteiger partial charge in [0.05, 0.1) is 16.6 Å². The number of hydrogen-bond donors (Lipinski definition) is 1. The Labute approximate surface area is 156 Å². The zero-order valence-corrected chi connectivity index (χ0v) is 14.6. The summed E-state index contributed by atoms with van der Waals surface area (Å²) >= 11 is 0. The lowest BCUT2D eigenvalue weighted by Crippen LogP contribution is -2.20. The van der Waals surface area contributed by atoms with Crippen molar-refractivity contribution in [2.24, 2.45) is 0 Å². The molecule has 0 aliphatic carbocycles. The first-order valence-corrected chi connectivity index (χ1v) is 8.45. The molecule has 3 rings (SSSR count). The van der Waals surface area contributed by atoms with E-state index in [1.165, 1.54) is 4.68 Å². The van der Waals surface area contributed by atoms with Crippen molar-refractivity contribution in [2.75, 3.05) is 5.32 Å². The van der Waals surface area contributed by atoms with Crippen LogP contribution in [0.25, 0.3) is 11.0 Å². The van der Waals surface area contributed by atoms with Crippen LogP contribution in [-0.4, -0.2) is 15.0 Å². The van der Waals surface area contributed by atoms with Crippen LogP contribution in [-0.2, 0) is 12.4 Å². The number of benzene rings is 2. The molecule has 3 aromatic rings. The number of rotatable bonds is 5. The fourth-order valence-corrected chi connectivity index (χ4v) is 2.88. The highest BCUT2D eigenvalue weighted by molar-refractivity contribution is 5.74. The largest absolute Gasteiger partial charge is 0.416 e. The summed E-state index contributed by atoms with van der Waals surface area (Å²) in [6, 6.07) is 8.38. The molecule has 1 unspecified atom stereocenters. The van der Waals surface area contributed by atoms with Crippen molar-refractivity contribution < 1.29 is 26.3 Å². The molecular formula is C18H16F6N4. The lowest BCUT2D eigenvalue weighted by atomic mass is 10.1. The van der Waals surface area contributed by atoms with Gasteiger partial charge in [0.2, 0.25) is 0 Å². The Hall–Kier alpha value is -2.78. The highest BCUT2D eigenvalue weighted by atomic mass is 19.4. The monoisotopic (exact) mass is 402 g/mol. The maximum Gasteiger partial charge on any atom is 0.416 e. The first-order valence-electron chi connectivity index (χ1n) is 8.45. The van der Waals surface area contributed by atoms with E-state index in [4.69, 9.17) is 0 Å². The van der Waals surface area contributed by atoms with Gasteiger partial charge in [0.15, 0.2) is 0 Å². The Morgan fingerprint density at radius 1 is 0.964 bits per heavy atom. The minimum atomic E-state index is -4.90. The molecule has 0 bridgehead atoms. The normalized spacial score (nSPS) is 13.7. The van der Waals surface area contributed by atoms with E-state index in [2.05, 4.69) is 15.6 Å². The van der Waals surface area contributed by atoms with Crippen LogP contribution in [0.15, 0.2) is 42.5 Å². The topological polar surface area (TPSA) is 42.7 Å². The summed E-state index contributed by atoms with van der Waals surface area (Å²) in [4.78, 5) is 0. The Morgan fingerprint density at radius 2 is 1.57 bits per heavy atom. The molecular weight excluding hydrogens is 386 g/mol. The number of aromatic nitrogens is 3.